The minimum atomic E-state index is -0.722. The van der Waals surface area contributed by atoms with Crippen molar-refractivity contribution in [3.8, 4) is 5.75 Å². The summed E-state index contributed by atoms with van der Waals surface area (Å²) >= 11 is 0. The first-order valence-corrected chi connectivity index (χ1v) is 8.98. The number of pyridine rings is 1. The quantitative estimate of drug-likeness (QED) is 0.473. The first kappa shape index (κ1) is 20.7. The Bertz CT molecular complexity index is 1280. The number of benzene rings is 1. The van der Waals surface area contributed by atoms with Gasteiger partial charge in [-0.15, -0.1) is 0 Å². The molecule has 11 heteroatoms. The molecule has 0 bridgehead atoms. The summed E-state index contributed by atoms with van der Waals surface area (Å²) in [5.74, 6) is -0.386. The molecule has 0 saturated heterocycles. The van der Waals surface area contributed by atoms with Crippen molar-refractivity contribution in [2.24, 2.45) is 7.05 Å². The Labute approximate surface area is 169 Å². The largest absolute Gasteiger partial charge is 0.495 e. The SMILES string of the molecule is CCc1cnc2c(c1OC)c(=O)n(CC(=O)Nc1cccc([N+](=O)[O-])c1)c(=O)n2C. The third kappa shape index (κ3) is 3.64. The molecule has 3 rings (SSSR count). The summed E-state index contributed by atoms with van der Waals surface area (Å²) in [6.45, 7) is 1.29. The number of non-ortho nitro benzene ring substituents is 1. The van der Waals surface area contributed by atoms with Crippen molar-refractivity contribution in [1.29, 1.82) is 0 Å². The highest BCUT2D eigenvalue weighted by Crippen LogP contribution is 2.25. The van der Waals surface area contributed by atoms with Gasteiger partial charge in [-0.1, -0.05) is 13.0 Å². The Kier molecular flexibility index (Phi) is 5.63. The van der Waals surface area contributed by atoms with Crippen LogP contribution in [0.3, 0.4) is 0 Å². The second-order valence-corrected chi connectivity index (χ2v) is 6.46. The fourth-order valence-corrected chi connectivity index (χ4v) is 3.13. The summed E-state index contributed by atoms with van der Waals surface area (Å²) < 4.78 is 7.33. The van der Waals surface area contributed by atoms with Gasteiger partial charge in [-0.2, -0.15) is 0 Å². The van der Waals surface area contributed by atoms with Gasteiger partial charge in [-0.25, -0.2) is 14.3 Å². The normalized spacial score (nSPS) is 10.8. The molecule has 0 spiro atoms. The number of carbonyl (C=O) groups is 1. The van der Waals surface area contributed by atoms with Crippen LogP contribution in [-0.2, 0) is 24.8 Å². The van der Waals surface area contributed by atoms with E-state index in [0.717, 1.165) is 4.57 Å². The number of carbonyl (C=O) groups excluding carboxylic acids is 1. The number of hydrogen-bond acceptors (Lipinski definition) is 7. The number of nitrogens with zero attached hydrogens (tertiary/aromatic N) is 4. The average Bonchev–Trinajstić information content (AvgIpc) is 2.74. The molecule has 0 radical (unpaired) electrons. The number of aromatic nitrogens is 3. The molecule has 0 aliphatic rings. The van der Waals surface area contributed by atoms with E-state index in [-0.39, 0.29) is 22.4 Å². The Morgan fingerprint density at radius 2 is 2.07 bits per heavy atom. The van der Waals surface area contributed by atoms with Crippen LogP contribution in [0.5, 0.6) is 5.75 Å². The Morgan fingerprint density at radius 3 is 2.70 bits per heavy atom. The van der Waals surface area contributed by atoms with Crippen LogP contribution in [0.4, 0.5) is 11.4 Å². The van der Waals surface area contributed by atoms with Crippen LogP contribution in [-0.4, -0.2) is 32.1 Å². The van der Waals surface area contributed by atoms with Gasteiger partial charge in [0.05, 0.1) is 12.0 Å². The fraction of sp³-hybridized carbons (Fsp3) is 0.263. The van der Waals surface area contributed by atoms with Gasteiger partial charge in [0.1, 0.15) is 17.7 Å². The second kappa shape index (κ2) is 8.15. The lowest BCUT2D eigenvalue weighted by molar-refractivity contribution is -0.384. The van der Waals surface area contributed by atoms with Gasteiger partial charge < -0.3 is 10.1 Å². The van der Waals surface area contributed by atoms with Crippen LogP contribution in [0.2, 0.25) is 0 Å². The molecule has 2 aromatic heterocycles. The van der Waals surface area contributed by atoms with Gasteiger partial charge in [0.15, 0.2) is 5.65 Å². The molecule has 1 aromatic carbocycles. The third-order valence-corrected chi connectivity index (χ3v) is 4.61. The second-order valence-electron chi connectivity index (χ2n) is 6.46. The van der Waals surface area contributed by atoms with Crippen molar-refractivity contribution in [3.05, 3.63) is 67.0 Å². The summed E-state index contributed by atoms with van der Waals surface area (Å²) in [5, 5.41) is 13.4. The molecule has 0 aliphatic carbocycles. The maximum absolute atomic E-state index is 13.0. The van der Waals surface area contributed by atoms with E-state index in [2.05, 4.69) is 10.3 Å². The summed E-state index contributed by atoms with van der Waals surface area (Å²) in [7, 11) is 2.86. The molecular formula is C19H19N5O6. The number of fused-ring (bicyclic) bond motifs is 1. The van der Waals surface area contributed by atoms with E-state index in [1.165, 1.54) is 43.0 Å². The zero-order valence-electron chi connectivity index (χ0n) is 16.5. The number of ether oxygens (including phenoxy) is 1. The number of nitro benzene ring substituents is 1. The minimum absolute atomic E-state index is 0.0992. The van der Waals surface area contributed by atoms with Gasteiger partial charge in [0.2, 0.25) is 5.91 Å². The monoisotopic (exact) mass is 413 g/mol. The van der Waals surface area contributed by atoms with Gasteiger partial charge in [-0.3, -0.25) is 24.3 Å². The molecule has 30 heavy (non-hydrogen) atoms. The van der Waals surface area contributed by atoms with Crippen molar-refractivity contribution in [2.45, 2.75) is 19.9 Å². The highest BCUT2D eigenvalue weighted by molar-refractivity contribution is 5.91. The molecule has 0 saturated carbocycles. The van der Waals surface area contributed by atoms with E-state index in [4.69, 9.17) is 4.74 Å². The van der Waals surface area contributed by atoms with Gasteiger partial charge in [-0.05, 0) is 12.5 Å². The third-order valence-electron chi connectivity index (χ3n) is 4.61. The van der Waals surface area contributed by atoms with Crippen LogP contribution in [0.15, 0.2) is 40.1 Å². The first-order valence-electron chi connectivity index (χ1n) is 8.98. The maximum Gasteiger partial charge on any atom is 0.332 e. The van der Waals surface area contributed by atoms with Crippen LogP contribution in [0.1, 0.15) is 12.5 Å². The number of methoxy groups -OCH3 is 1. The highest BCUT2D eigenvalue weighted by atomic mass is 16.6. The summed E-state index contributed by atoms with van der Waals surface area (Å²) in [6.07, 6.45) is 2.10. The highest BCUT2D eigenvalue weighted by Gasteiger charge is 2.20. The predicted octanol–water partition coefficient (Wildman–Crippen LogP) is 1.21. The molecule has 0 unspecified atom stereocenters. The van der Waals surface area contributed by atoms with Gasteiger partial charge >= 0.3 is 5.69 Å². The molecule has 3 aromatic rings. The standard InChI is InChI=1S/C19H19N5O6/c1-4-11-9-20-17-15(16(11)30-3)18(26)23(19(27)22(17)2)10-14(25)21-12-6-5-7-13(8-12)24(28)29/h5-9H,4,10H2,1-3H3,(H,21,25). The number of nitrogens with one attached hydrogen (secondary N) is 1. The van der Waals surface area contributed by atoms with Crippen molar-refractivity contribution in [3.63, 3.8) is 0 Å². The van der Waals surface area contributed by atoms with E-state index in [1.807, 2.05) is 6.92 Å². The molecule has 0 fully saturated rings. The lowest BCUT2D eigenvalue weighted by atomic mass is 10.1. The Morgan fingerprint density at radius 1 is 1.33 bits per heavy atom. The maximum atomic E-state index is 13.0. The topological polar surface area (TPSA) is 138 Å². The van der Waals surface area contributed by atoms with Crippen LogP contribution < -0.4 is 21.3 Å². The van der Waals surface area contributed by atoms with Crippen molar-refractivity contribution >= 4 is 28.3 Å². The van der Waals surface area contributed by atoms with Gasteiger partial charge in [0.25, 0.3) is 11.2 Å². The first-order chi connectivity index (χ1) is 14.3. The average molecular weight is 413 g/mol. The lowest BCUT2D eigenvalue weighted by Crippen LogP contribution is -2.42. The molecule has 0 aliphatic heterocycles. The lowest BCUT2D eigenvalue weighted by Gasteiger charge is -2.14. The predicted molar refractivity (Wildman–Crippen MR) is 109 cm³/mol. The van der Waals surface area contributed by atoms with Crippen molar-refractivity contribution < 1.29 is 14.5 Å². The van der Waals surface area contributed by atoms with Crippen molar-refractivity contribution in [2.75, 3.05) is 12.4 Å². The molecule has 1 amide bonds. The zero-order valence-corrected chi connectivity index (χ0v) is 16.5. The van der Waals surface area contributed by atoms with Crippen LogP contribution in [0.25, 0.3) is 11.0 Å². The summed E-state index contributed by atoms with van der Waals surface area (Å²) in [6, 6.07) is 5.34. The summed E-state index contributed by atoms with van der Waals surface area (Å²) in [5.41, 5.74) is -0.618. The molecule has 0 atom stereocenters. The number of amides is 1. The van der Waals surface area contributed by atoms with Crippen LogP contribution >= 0.6 is 0 Å². The van der Waals surface area contributed by atoms with Crippen LogP contribution in [0, 0.1) is 10.1 Å². The Hall–Kier alpha value is -4.02. The van der Waals surface area contributed by atoms with E-state index < -0.39 is 28.6 Å². The number of aryl methyl sites for hydroxylation is 2. The number of rotatable bonds is 6. The molecule has 156 valence electrons. The summed E-state index contributed by atoms with van der Waals surface area (Å²) in [4.78, 5) is 52.6. The van der Waals surface area contributed by atoms with E-state index >= 15 is 0 Å². The van der Waals surface area contributed by atoms with E-state index in [9.17, 15) is 24.5 Å². The number of hydrogen-bond donors (Lipinski definition) is 1. The number of nitro groups is 1. The smallest absolute Gasteiger partial charge is 0.332 e. The molecule has 11 nitrogen and oxygen atoms in total. The van der Waals surface area contributed by atoms with Crippen molar-refractivity contribution in [1.82, 2.24) is 14.1 Å². The van der Waals surface area contributed by atoms with Gasteiger partial charge in [0, 0.05) is 36.6 Å². The molecule has 1 N–H and O–H groups in total. The van der Waals surface area contributed by atoms with E-state index in [1.54, 1.807) is 6.20 Å². The minimum Gasteiger partial charge on any atom is -0.495 e. The fourth-order valence-electron chi connectivity index (χ4n) is 3.13. The number of anilines is 1. The molecule has 2 heterocycles. The van der Waals surface area contributed by atoms with E-state index in [0.29, 0.717) is 17.7 Å². The molecular weight excluding hydrogens is 394 g/mol. The zero-order chi connectivity index (χ0) is 22.0. The Balaban J connectivity index is 2.05.